The van der Waals surface area contributed by atoms with Gasteiger partial charge in [0.05, 0.1) is 18.1 Å². The molecular formula is C21H32N2O5S. The van der Waals surface area contributed by atoms with Crippen LogP contribution in [0.4, 0.5) is 0 Å². The second kappa shape index (κ2) is 9.61. The largest absolute Gasteiger partial charge is 0.494 e. The molecule has 2 rings (SSSR count). The number of amides is 2. The molecule has 1 fully saturated rings. The Bertz CT molecular complexity index is 798. The summed E-state index contributed by atoms with van der Waals surface area (Å²) in [6.07, 6.45) is 0.793. The number of benzene rings is 1. The summed E-state index contributed by atoms with van der Waals surface area (Å²) in [6, 6.07) is 7.28. The fraction of sp³-hybridized carbons (Fsp3) is 0.619. The summed E-state index contributed by atoms with van der Waals surface area (Å²) in [5, 5.41) is 2.69. The molecule has 1 N–H and O–H groups in total. The molecule has 162 valence electrons. The van der Waals surface area contributed by atoms with Crippen molar-refractivity contribution >= 4 is 21.7 Å². The number of ether oxygens (including phenoxy) is 1. The SMILES string of the molecule is CC(NC(=O)CCCOc1ccc(C(C)(C)C)cc1)C(=O)N1CCS(=O)(=O)CC1. The van der Waals surface area contributed by atoms with Gasteiger partial charge in [0, 0.05) is 19.5 Å². The van der Waals surface area contributed by atoms with Crippen LogP contribution in [-0.2, 0) is 24.8 Å². The van der Waals surface area contributed by atoms with Gasteiger partial charge in [-0.3, -0.25) is 9.59 Å². The van der Waals surface area contributed by atoms with Gasteiger partial charge in [-0.1, -0.05) is 32.9 Å². The van der Waals surface area contributed by atoms with Crippen LogP contribution in [0.3, 0.4) is 0 Å². The molecule has 1 aromatic carbocycles. The van der Waals surface area contributed by atoms with Crippen molar-refractivity contribution in [1.29, 1.82) is 0 Å². The fourth-order valence-corrected chi connectivity index (χ4v) is 4.26. The Morgan fingerprint density at radius 1 is 1.14 bits per heavy atom. The van der Waals surface area contributed by atoms with E-state index >= 15 is 0 Å². The quantitative estimate of drug-likeness (QED) is 0.675. The zero-order valence-corrected chi connectivity index (χ0v) is 18.5. The van der Waals surface area contributed by atoms with E-state index in [0.29, 0.717) is 13.0 Å². The summed E-state index contributed by atoms with van der Waals surface area (Å²) < 4.78 is 28.6. The Hall–Kier alpha value is -2.09. The minimum atomic E-state index is -3.04. The lowest BCUT2D eigenvalue weighted by Gasteiger charge is -2.29. The third-order valence-corrected chi connectivity index (χ3v) is 6.55. The fourth-order valence-electron chi connectivity index (χ4n) is 3.06. The van der Waals surface area contributed by atoms with Gasteiger partial charge in [-0.15, -0.1) is 0 Å². The highest BCUT2D eigenvalue weighted by atomic mass is 32.2. The molecule has 0 radical (unpaired) electrons. The molecule has 2 amide bonds. The molecule has 1 atom stereocenters. The molecule has 0 spiro atoms. The van der Waals surface area contributed by atoms with Gasteiger partial charge in [0.2, 0.25) is 11.8 Å². The summed E-state index contributed by atoms with van der Waals surface area (Å²) >= 11 is 0. The standard InChI is InChI=1S/C21H32N2O5S/c1-16(20(25)23-11-14-29(26,27)15-12-23)22-19(24)6-5-13-28-18-9-7-17(8-10-18)21(2,3)4/h7-10,16H,5-6,11-15H2,1-4H3,(H,22,24). The summed E-state index contributed by atoms with van der Waals surface area (Å²) in [5.74, 6) is 0.258. The number of nitrogens with one attached hydrogen (secondary N) is 1. The van der Waals surface area contributed by atoms with Crippen molar-refractivity contribution in [2.24, 2.45) is 0 Å². The van der Waals surface area contributed by atoms with E-state index in [1.54, 1.807) is 6.92 Å². The van der Waals surface area contributed by atoms with E-state index in [2.05, 4.69) is 26.1 Å². The Morgan fingerprint density at radius 3 is 2.28 bits per heavy atom. The lowest BCUT2D eigenvalue weighted by Crippen LogP contribution is -2.51. The van der Waals surface area contributed by atoms with Crippen molar-refractivity contribution < 1.29 is 22.7 Å². The molecule has 1 heterocycles. The number of hydrogen-bond acceptors (Lipinski definition) is 5. The van der Waals surface area contributed by atoms with E-state index in [1.807, 2.05) is 24.3 Å². The minimum Gasteiger partial charge on any atom is -0.494 e. The Labute approximate surface area is 173 Å². The van der Waals surface area contributed by atoms with Gasteiger partial charge in [0.25, 0.3) is 0 Å². The van der Waals surface area contributed by atoms with Crippen LogP contribution in [0.15, 0.2) is 24.3 Å². The molecule has 1 unspecified atom stereocenters. The summed E-state index contributed by atoms with van der Waals surface area (Å²) in [5.41, 5.74) is 1.32. The maximum atomic E-state index is 12.3. The Balaban J connectivity index is 1.68. The van der Waals surface area contributed by atoms with Crippen LogP contribution in [0.2, 0.25) is 0 Å². The van der Waals surface area contributed by atoms with Crippen molar-refractivity contribution in [1.82, 2.24) is 10.2 Å². The molecule has 0 aliphatic carbocycles. The highest BCUT2D eigenvalue weighted by molar-refractivity contribution is 7.91. The van der Waals surface area contributed by atoms with E-state index < -0.39 is 15.9 Å². The predicted molar refractivity (Wildman–Crippen MR) is 113 cm³/mol. The average Bonchev–Trinajstić information content (AvgIpc) is 2.64. The maximum absolute atomic E-state index is 12.3. The molecule has 8 heteroatoms. The molecule has 7 nitrogen and oxygen atoms in total. The number of sulfone groups is 1. The van der Waals surface area contributed by atoms with Crippen LogP contribution in [0.5, 0.6) is 5.75 Å². The summed E-state index contributed by atoms with van der Waals surface area (Å²) in [7, 11) is -3.04. The van der Waals surface area contributed by atoms with Gasteiger partial charge in [-0.2, -0.15) is 0 Å². The van der Waals surface area contributed by atoms with Crippen LogP contribution in [0, 0.1) is 0 Å². The molecule has 1 aliphatic rings. The van der Waals surface area contributed by atoms with Crippen molar-refractivity contribution in [2.45, 2.75) is 52.0 Å². The molecule has 1 aliphatic heterocycles. The first-order chi connectivity index (χ1) is 13.5. The van der Waals surface area contributed by atoms with E-state index in [0.717, 1.165) is 5.75 Å². The molecule has 0 saturated carbocycles. The lowest BCUT2D eigenvalue weighted by molar-refractivity contribution is -0.135. The molecule has 29 heavy (non-hydrogen) atoms. The van der Waals surface area contributed by atoms with Gasteiger partial charge in [-0.25, -0.2) is 8.42 Å². The Kier molecular flexibility index (Phi) is 7.68. The van der Waals surface area contributed by atoms with Crippen molar-refractivity contribution in [3.05, 3.63) is 29.8 Å². The second-order valence-electron chi connectivity index (χ2n) is 8.49. The topological polar surface area (TPSA) is 92.8 Å². The number of nitrogens with zero attached hydrogens (tertiary/aromatic N) is 1. The van der Waals surface area contributed by atoms with Crippen LogP contribution in [0.1, 0.15) is 46.1 Å². The number of carbonyl (C=O) groups is 2. The first-order valence-electron chi connectivity index (χ1n) is 10.00. The van der Waals surface area contributed by atoms with E-state index in [1.165, 1.54) is 10.5 Å². The number of hydrogen-bond donors (Lipinski definition) is 1. The maximum Gasteiger partial charge on any atom is 0.244 e. The first kappa shape index (κ1) is 23.2. The molecule has 1 aromatic rings. The lowest BCUT2D eigenvalue weighted by atomic mass is 9.87. The van der Waals surface area contributed by atoms with Crippen LogP contribution in [-0.4, -0.2) is 62.4 Å². The van der Waals surface area contributed by atoms with Crippen molar-refractivity contribution in [3.63, 3.8) is 0 Å². The zero-order chi connectivity index (χ0) is 21.7. The van der Waals surface area contributed by atoms with E-state index in [-0.39, 0.29) is 48.2 Å². The number of carbonyl (C=O) groups excluding carboxylic acids is 2. The normalized spacial score (nSPS) is 17.4. The Morgan fingerprint density at radius 2 is 1.72 bits per heavy atom. The molecule has 1 saturated heterocycles. The summed E-state index contributed by atoms with van der Waals surface area (Å²) in [4.78, 5) is 25.9. The highest BCUT2D eigenvalue weighted by Gasteiger charge is 2.28. The van der Waals surface area contributed by atoms with Gasteiger partial charge in [0.1, 0.15) is 11.8 Å². The summed E-state index contributed by atoms with van der Waals surface area (Å²) in [6.45, 7) is 8.86. The van der Waals surface area contributed by atoms with Gasteiger partial charge < -0.3 is 15.0 Å². The molecule has 0 aromatic heterocycles. The third kappa shape index (κ3) is 7.34. The highest BCUT2D eigenvalue weighted by Crippen LogP contribution is 2.24. The number of rotatable bonds is 7. The van der Waals surface area contributed by atoms with Gasteiger partial charge >= 0.3 is 0 Å². The van der Waals surface area contributed by atoms with Crippen LogP contribution in [0.25, 0.3) is 0 Å². The van der Waals surface area contributed by atoms with Gasteiger partial charge in [0.15, 0.2) is 9.84 Å². The average molecular weight is 425 g/mol. The zero-order valence-electron chi connectivity index (χ0n) is 17.7. The molecule has 0 bridgehead atoms. The van der Waals surface area contributed by atoms with Gasteiger partial charge in [-0.05, 0) is 36.5 Å². The minimum absolute atomic E-state index is 0.0204. The first-order valence-corrected chi connectivity index (χ1v) is 11.8. The molecular weight excluding hydrogens is 392 g/mol. The predicted octanol–water partition coefficient (Wildman–Crippen LogP) is 1.90. The van der Waals surface area contributed by atoms with Crippen LogP contribution >= 0.6 is 0 Å². The van der Waals surface area contributed by atoms with Crippen molar-refractivity contribution in [2.75, 3.05) is 31.2 Å². The van der Waals surface area contributed by atoms with Crippen molar-refractivity contribution in [3.8, 4) is 5.75 Å². The monoisotopic (exact) mass is 424 g/mol. The van der Waals surface area contributed by atoms with Crippen LogP contribution < -0.4 is 10.1 Å². The van der Waals surface area contributed by atoms with E-state index in [4.69, 9.17) is 4.74 Å². The second-order valence-corrected chi connectivity index (χ2v) is 10.8. The smallest absolute Gasteiger partial charge is 0.244 e. The van der Waals surface area contributed by atoms with E-state index in [9.17, 15) is 18.0 Å². The third-order valence-electron chi connectivity index (χ3n) is 4.94.